The van der Waals surface area contributed by atoms with Gasteiger partial charge in [0, 0.05) is 25.2 Å². The van der Waals surface area contributed by atoms with Crippen LogP contribution in [0.15, 0.2) is 0 Å². The van der Waals surface area contributed by atoms with E-state index in [4.69, 9.17) is 4.74 Å². The van der Waals surface area contributed by atoms with Crippen LogP contribution in [0, 0.1) is 11.8 Å². The summed E-state index contributed by atoms with van der Waals surface area (Å²) in [5.74, 6) is 1.47. The summed E-state index contributed by atoms with van der Waals surface area (Å²) in [7, 11) is 0. The lowest BCUT2D eigenvalue weighted by molar-refractivity contribution is 0.0220. The molecule has 4 nitrogen and oxygen atoms in total. The van der Waals surface area contributed by atoms with Crippen LogP contribution in [0.3, 0.4) is 0 Å². The Morgan fingerprint density at radius 2 is 1.77 bits per heavy atom. The van der Waals surface area contributed by atoms with Crippen molar-refractivity contribution in [3.63, 3.8) is 0 Å². The summed E-state index contributed by atoms with van der Waals surface area (Å²) < 4.78 is 5.55. The molecule has 1 heterocycles. The van der Waals surface area contributed by atoms with E-state index >= 15 is 0 Å². The number of amides is 1. The van der Waals surface area contributed by atoms with Crippen LogP contribution in [-0.4, -0.2) is 41.8 Å². The fourth-order valence-corrected chi connectivity index (χ4v) is 3.97. The summed E-state index contributed by atoms with van der Waals surface area (Å²) in [4.78, 5) is 14.3. The van der Waals surface area contributed by atoms with E-state index in [9.17, 15) is 4.79 Å². The number of hydrogen-bond acceptors (Lipinski definition) is 3. The molecule has 2 rings (SSSR count). The van der Waals surface area contributed by atoms with Crippen LogP contribution >= 0.6 is 0 Å². The quantitative estimate of drug-likeness (QED) is 0.862. The Bertz CT molecular complexity index is 368. The fourth-order valence-electron chi connectivity index (χ4n) is 3.97. The van der Waals surface area contributed by atoms with Crippen LogP contribution < -0.4 is 5.32 Å². The zero-order chi connectivity index (χ0) is 16.3. The molecule has 4 heteroatoms. The van der Waals surface area contributed by atoms with Gasteiger partial charge in [0.05, 0.1) is 0 Å². The predicted octanol–water partition coefficient (Wildman–Crippen LogP) is 3.80. The highest BCUT2D eigenvalue weighted by Crippen LogP contribution is 2.29. The Morgan fingerprint density at radius 1 is 1.14 bits per heavy atom. The van der Waals surface area contributed by atoms with E-state index < -0.39 is 5.60 Å². The molecule has 0 spiro atoms. The summed E-state index contributed by atoms with van der Waals surface area (Å²) >= 11 is 0. The topological polar surface area (TPSA) is 41.6 Å². The van der Waals surface area contributed by atoms with E-state index in [0.717, 1.165) is 37.8 Å². The third kappa shape index (κ3) is 4.61. The SMILES string of the molecule is CC1CCCC(C)C1NCC1CCCN1C(=O)OC(C)(C)C. The van der Waals surface area contributed by atoms with Crippen molar-refractivity contribution >= 4 is 6.09 Å². The van der Waals surface area contributed by atoms with Gasteiger partial charge in [-0.05, 0) is 58.3 Å². The van der Waals surface area contributed by atoms with Gasteiger partial charge in [-0.3, -0.25) is 0 Å². The fraction of sp³-hybridized carbons (Fsp3) is 0.944. The summed E-state index contributed by atoms with van der Waals surface area (Å²) in [5.41, 5.74) is -0.413. The minimum Gasteiger partial charge on any atom is -0.444 e. The Labute approximate surface area is 136 Å². The Morgan fingerprint density at radius 3 is 2.36 bits per heavy atom. The zero-order valence-corrected chi connectivity index (χ0v) is 15.0. The number of rotatable bonds is 3. The van der Waals surface area contributed by atoms with Gasteiger partial charge in [0.1, 0.15) is 5.60 Å². The first-order chi connectivity index (χ1) is 10.3. The average molecular weight is 310 g/mol. The first-order valence-electron chi connectivity index (χ1n) is 9.01. The van der Waals surface area contributed by atoms with E-state index in [1.54, 1.807) is 0 Å². The van der Waals surface area contributed by atoms with Crippen LogP contribution in [0.2, 0.25) is 0 Å². The molecule has 0 aromatic carbocycles. The molecule has 1 N–H and O–H groups in total. The minimum atomic E-state index is -0.413. The van der Waals surface area contributed by atoms with Crippen molar-refractivity contribution in [1.82, 2.24) is 10.2 Å². The van der Waals surface area contributed by atoms with Crippen molar-refractivity contribution < 1.29 is 9.53 Å². The van der Waals surface area contributed by atoms with E-state index in [2.05, 4.69) is 19.2 Å². The second-order valence-electron chi connectivity index (χ2n) is 8.29. The number of likely N-dealkylation sites (tertiary alicyclic amines) is 1. The maximum atomic E-state index is 12.3. The molecule has 22 heavy (non-hydrogen) atoms. The molecule has 3 atom stereocenters. The highest BCUT2D eigenvalue weighted by molar-refractivity contribution is 5.69. The molecule has 3 unspecified atom stereocenters. The van der Waals surface area contributed by atoms with E-state index in [1.165, 1.54) is 19.3 Å². The lowest BCUT2D eigenvalue weighted by Crippen LogP contribution is -2.49. The second-order valence-corrected chi connectivity index (χ2v) is 8.29. The molecule has 2 fully saturated rings. The van der Waals surface area contributed by atoms with Crippen molar-refractivity contribution in [3.05, 3.63) is 0 Å². The standard InChI is InChI=1S/C18H34N2O2/c1-13-8-6-9-14(2)16(13)19-12-15-10-7-11-20(15)17(21)22-18(3,4)5/h13-16,19H,6-12H2,1-5H3. The van der Waals surface area contributed by atoms with Crippen molar-refractivity contribution in [2.75, 3.05) is 13.1 Å². The largest absolute Gasteiger partial charge is 0.444 e. The van der Waals surface area contributed by atoms with E-state index in [-0.39, 0.29) is 12.1 Å². The van der Waals surface area contributed by atoms with E-state index in [0.29, 0.717) is 6.04 Å². The van der Waals surface area contributed by atoms with Gasteiger partial charge in [-0.25, -0.2) is 4.79 Å². The summed E-state index contributed by atoms with van der Waals surface area (Å²) in [6, 6.07) is 0.881. The molecule has 0 bridgehead atoms. The number of carbonyl (C=O) groups excluding carboxylic acids is 1. The first kappa shape index (κ1) is 17.6. The Balaban J connectivity index is 1.87. The van der Waals surface area contributed by atoms with Gasteiger partial charge < -0.3 is 15.0 Å². The van der Waals surface area contributed by atoms with Crippen molar-refractivity contribution in [2.45, 2.75) is 84.4 Å². The number of carbonyl (C=O) groups is 1. The molecule has 128 valence electrons. The molecule has 0 aromatic rings. The Hall–Kier alpha value is -0.770. The van der Waals surface area contributed by atoms with Crippen molar-refractivity contribution in [3.8, 4) is 0 Å². The minimum absolute atomic E-state index is 0.151. The maximum Gasteiger partial charge on any atom is 0.410 e. The molecule has 0 radical (unpaired) electrons. The predicted molar refractivity (Wildman–Crippen MR) is 89.9 cm³/mol. The van der Waals surface area contributed by atoms with Crippen LogP contribution in [0.5, 0.6) is 0 Å². The molecule has 1 amide bonds. The van der Waals surface area contributed by atoms with Crippen molar-refractivity contribution in [2.24, 2.45) is 11.8 Å². The summed E-state index contributed by atoms with van der Waals surface area (Å²) in [6.07, 6.45) is 6.02. The molecule has 1 aliphatic carbocycles. The lowest BCUT2D eigenvalue weighted by Gasteiger charge is -2.37. The van der Waals surface area contributed by atoms with Gasteiger partial charge in [0.25, 0.3) is 0 Å². The van der Waals surface area contributed by atoms with Crippen LogP contribution in [0.1, 0.15) is 66.7 Å². The molecule has 1 saturated carbocycles. The normalized spacial score (nSPS) is 33.0. The average Bonchev–Trinajstić information content (AvgIpc) is 2.84. The Kier molecular flexibility index (Phi) is 5.76. The van der Waals surface area contributed by atoms with Gasteiger partial charge in [-0.15, -0.1) is 0 Å². The van der Waals surface area contributed by atoms with Crippen LogP contribution in [0.4, 0.5) is 4.79 Å². The summed E-state index contributed by atoms with van der Waals surface area (Å²) in [6.45, 7) is 12.2. The number of nitrogens with one attached hydrogen (secondary N) is 1. The second kappa shape index (κ2) is 7.20. The third-order valence-electron chi connectivity index (χ3n) is 5.14. The number of ether oxygens (including phenoxy) is 1. The zero-order valence-electron chi connectivity index (χ0n) is 15.0. The van der Waals surface area contributed by atoms with E-state index in [1.807, 2.05) is 25.7 Å². The highest BCUT2D eigenvalue weighted by atomic mass is 16.6. The molecule has 1 aliphatic heterocycles. The van der Waals surface area contributed by atoms with Crippen LogP contribution in [-0.2, 0) is 4.74 Å². The van der Waals surface area contributed by atoms with Gasteiger partial charge in [0.15, 0.2) is 0 Å². The number of hydrogen-bond donors (Lipinski definition) is 1. The summed E-state index contributed by atoms with van der Waals surface area (Å²) in [5, 5.41) is 3.76. The number of nitrogens with zero attached hydrogens (tertiary/aromatic N) is 1. The first-order valence-corrected chi connectivity index (χ1v) is 9.01. The molecule has 1 saturated heterocycles. The third-order valence-corrected chi connectivity index (χ3v) is 5.14. The molecular weight excluding hydrogens is 276 g/mol. The molecule has 2 aliphatic rings. The highest BCUT2D eigenvalue weighted by Gasteiger charge is 2.34. The van der Waals surface area contributed by atoms with Crippen molar-refractivity contribution in [1.29, 1.82) is 0 Å². The smallest absolute Gasteiger partial charge is 0.410 e. The molecular formula is C18H34N2O2. The van der Waals surface area contributed by atoms with Gasteiger partial charge in [0.2, 0.25) is 0 Å². The van der Waals surface area contributed by atoms with Crippen LogP contribution in [0.25, 0.3) is 0 Å². The lowest BCUT2D eigenvalue weighted by atomic mass is 9.78. The molecule has 0 aromatic heterocycles. The monoisotopic (exact) mass is 310 g/mol. The van der Waals surface area contributed by atoms with Gasteiger partial charge in [-0.2, -0.15) is 0 Å². The maximum absolute atomic E-state index is 12.3. The van der Waals surface area contributed by atoms with Gasteiger partial charge >= 0.3 is 6.09 Å². The van der Waals surface area contributed by atoms with Gasteiger partial charge in [-0.1, -0.05) is 20.3 Å².